The molecule has 0 radical (unpaired) electrons. The zero-order valence-electron chi connectivity index (χ0n) is 7.31. The molecule has 1 aromatic carbocycles. The van der Waals surface area contributed by atoms with E-state index < -0.39 is 0 Å². The molecule has 2 rings (SSSR count). The van der Waals surface area contributed by atoms with Crippen molar-refractivity contribution in [2.75, 3.05) is 0 Å². The topological polar surface area (TPSA) is 37.5 Å². The van der Waals surface area contributed by atoms with E-state index >= 15 is 0 Å². The van der Waals surface area contributed by atoms with Gasteiger partial charge in [-0.3, -0.25) is 0 Å². The van der Waals surface area contributed by atoms with Gasteiger partial charge in [0.1, 0.15) is 0 Å². The maximum atomic E-state index is 8.43. The minimum Gasteiger partial charge on any atom is -0.411 e. The van der Waals surface area contributed by atoms with Crippen LogP contribution in [-0.2, 0) is 7.05 Å². The zero-order chi connectivity index (χ0) is 9.26. The van der Waals surface area contributed by atoms with Gasteiger partial charge in [0.2, 0.25) is 0 Å². The van der Waals surface area contributed by atoms with Gasteiger partial charge in [0, 0.05) is 18.0 Å². The van der Waals surface area contributed by atoms with Crippen LogP contribution in [0.2, 0.25) is 0 Å². The normalized spacial score (nSPS) is 11.5. The van der Waals surface area contributed by atoms with Crippen LogP contribution in [0.15, 0.2) is 35.5 Å². The highest BCUT2D eigenvalue weighted by Gasteiger charge is 2.01. The summed E-state index contributed by atoms with van der Waals surface area (Å²) in [7, 11) is 1.94. The molecule has 0 unspecified atom stereocenters. The van der Waals surface area contributed by atoms with Gasteiger partial charge in [0.25, 0.3) is 0 Å². The van der Waals surface area contributed by atoms with E-state index in [1.165, 1.54) is 6.21 Å². The highest BCUT2D eigenvalue weighted by Crippen LogP contribution is 2.16. The number of hydrogen-bond acceptors (Lipinski definition) is 2. The second-order valence-electron chi connectivity index (χ2n) is 2.93. The van der Waals surface area contributed by atoms with E-state index in [2.05, 4.69) is 5.16 Å². The van der Waals surface area contributed by atoms with Crippen LogP contribution in [0.4, 0.5) is 0 Å². The average Bonchev–Trinajstić information content (AvgIpc) is 2.46. The van der Waals surface area contributed by atoms with Crippen molar-refractivity contribution < 1.29 is 5.21 Å². The van der Waals surface area contributed by atoms with Crippen molar-refractivity contribution >= 4 is 17.1 Å². The van der Waals surface area contributed by atoms with Crippen molar-refractivity contribution in [1.82, 2.24) is 4.57 Å². The van der Waals surface area contributed by atoms with E-state index in [1.807, 2.05) is 41.9 Å². The van der Waals surface area contributed by atoms with Crippen LogP contribution in [0.5, 0.6) is 0 Å². The van der Waals surface area contributed by atoms with Crippen molar-refractivity contribution in [2.45, 2.75) is 0 Å². The third-order valence-electron chi connectivity index (χ3n) is 2.18. The van der Waals surface area contributed by atoms with Gasteiger partial charge in [-0.25, -0.2) is 0 Å². The molecule has 2 aromatic rings. The van der Waals surface area contributed by atoms with Crippen LogP contribution in [0.1, 0.15) is 5.69 Å². The molecule has 0 aliphatic rings. The third kappa shape index (κ3) is 1.18. The Morgan fingerprint density at radius 1 is 1.38 bits per heavy atom. The van der Waals surface area contributed by atoms with Crippen LogP contribution in [0.25, 0.3) is 10.9 Å². The SMILES string of the molecule is Cn1c(C=NO)cc2ccccc21. The molecule has 1 aromatic heterocycles. The maximum Gasteiger partial charge on any atom is 0.0898 e. The van der Waals surface area contributed by atoms with E-state index in [1.54, 1.807) is 0 Å². The Hall–Kier alpha value is -1.77. The van der Waals surface area contributed by atoms with Gasteiger partial charge in [-0.1, -0.05) is 23.4 Å². The van der Waals surface area contributed by atoms with Crippen molar-refractivity contribution in [1.29, 1.82) is 0 Å². The molecule has 13 heavy (non-hydrogen) atoms. The smallest absolute Gasteiger partial charge is 0.0898 e. The summed E-state index contributed by atoms with van der Waals surface area (Å²) in [6.45, 7) is 0. The molecule has 0 spiro atoms. The molecule has 3 heteroatoms. The van der Waals surface area contributed by atoms with Crippen LogP contribution >= 0.6 is 0 Å². The molecule has 1 N–H and O–H groups in total. The summed E-state index contributed by atoms with van der Waals surface area (Å²) >= 11 is 0. The summed E-state index contributed by atoms with van der Waals surface area (Å²) in [6.07, 6.45) is 1.43. The number of benzene rings is 1. The highest BCUT2D eigenvalue weighted by molar-refractivity contribution is 5.90. The Labute approximate surface area is 75.9 Å². The predicted molar refractivity (Wildman–Crippen MR) is 52.3 cm³/mol. The first-order valence-electron chi connectivity index (χ1n) is 4.05. The molecule has 0 aliphatic heterocycles. The van der Waals surface area contributed by atoms with E-state index in [0.29, 0.717) is 0 Å². The second kappa shape index (κ2) is 2.94. The number of aromatic nitrogens is 1. The Morgan fingerprint density at radius 3 is 2.85 bits per heavy atom. The standard InChI is InChI=1S/C10H10N2O/c1-12-9(7-11-13)6-8-4-2-3-5-10(8)12/h2-7,13H,1H3. The molecule has 0 atom stereocenters. The van der Waals surface area contributed by atoms with Gasteiger partial charge in [-0.15, -0.1) is 0 Å². The first kappa shape index (κ1) is 7.86. The van der Waals surface area contributed by atoms with Crippen LogP contribution in [-0.4, -0.2) is 16.0 Å². The molecule has 1 heterocycles. The van der Waals surface area contributed by atoms with Gasteiger partial charge in [0.05, 0.1) is 11.9 Å². The second-order valence-corrected chi connectivity index (χ2v) is 2.93. The Bertz CT molecular complexity index is 457. The molecular formula is C10H10N2O. The maximum absolute atomic E-state index is 8.43. The number of nitrogens with zero attached hydrogens (tertiary/aromatic N) is 2. The van der Waals surface area contributed by atoms with Gasteiger partial charge in [-0.05, 0) is 12.1 Å². The zero-order valence-corrected chi connectivity index (χ0v) is 7.31. The Kier molecular flexibility index (Phi) is 1.77. The summed E-state index contributed by atoms with van der Waals surface area (Å²) in [5, 5.41) is 12.6. The molecule has 0 amide bonds. The van der Waals surface area contributed by atoms with E-state index in [0.717, 1.165) is 16.6 Å². The highest BCUT2D eigenvalue weighted by atomic mass is 16.4. The molecule has 3 nitrogen and oxygen atoms in total. The molecule has 66 valence electrons. The van der Waals surface area contributed by atoms with E-state index in [-0.39, 0.29) is 0 Å². The van der Waals surface area contributed by atoms with Gasteiger partial charge < -0.3 is 9.77 Å². The average molecular weight is 174 g/mol. The van der Waals surface area contributed by atoms with Crippen molar-refractivity contribution in [3.63, 3.8) is 0 Å². The fourth-order valence-electron chi connectivity index (χ4n) is 1.49. The lowest BCUT2D eigenvalue weighted by atomic mass is 10.2. The van der Waals surface area contributed by atoms with Gasteiger partial charge in [-0.2, -0.15) is 0 Å². The first-order chi connectivity index (χ1) is 6.33. The molecule has 0 saturated heterocycles. The summed E-state index contributed by atoms with van der Waals surface area (Å²) in [6, 6.07) is 10.0. The van der Waals surface area contributed by atoms with Gasteiger partial charge in [0.15, 0.2) is 0 Å². The third-order valence-corrected chi connectivity index (χ3v) is 2.18. The minimum atomic E-state index is 0.892. The number of rotatable bonds is 1. The summed E-state index contributed by atoms with van der Waals surface area (Å²) < 4.78 is 1.98. The molecule has 0 fully saturated rings. The Balaban J connectivity index is 2.73. The number of oxime groups is 1. The quantitative estimate of drug-likeness (QED) is 0.400. The number of para-hydroxylation sites is 1. The number of hydrogen-bond donors (Lipinski definition) is 1. The molecule has 0 saturated carbocycles. The lowest BCUT2D eigenvalue weighted by Gasteiger charge is -1.96. The number of fused-ring (bicyclic) bond motifs is 1. The number of aryl methyl sites for hydroxylation is 1. The van der Waals surface area contributed by atoms with E-state index in [9.17, 15) is 0 Å². The minimum absolute atomic E-state index is 0.892. The Morgan fingerprint density at radius 2 is 2.15 bits per heavy atom. The van der Waals surface area contributed by atoms with E-state index in [4.69, 9.17) is 5.21 Å². The monoisotopic (exact) mass is 174 g/mol. The fourth-order valence-corrected chi connectivity index (χ4v) is 1.49. The van der Waals surface area contributed by atoms with Crippen LogP contribution in [0, 0.1) is 0 Å². The van der Waals surface area contributed by atoms with Crippen molar-refractivity contribution in [3.05, 3.63) is 36.0 Å². The lowest BCUT2D eigenvalue weighted by molar-refractivity contribution is 0.321. The summed E-state index contributed by atoms with van der Waals surface area (Å²) in [4.78, 5) is 0. The van der Waals surface area contributed by atoms with Crippen LogP contribution < -0.4 is 0 Å². The van der Waals surface area contributed by atoms with Crippen molar-refractivity contribution in [2.24, 2.45) is 12.2 Å². The first-order valence-corrected chi connectivity index (χ1v) is 4.05. The molecule has 0 aliphatic carbocycles. The molecular weight excluding hydrogens is 164 g/mol. The largest absolute Gasteiger partial charge is 0.411 e. The predicted octanol–water partition coefficient (Wildman–Crippen LogP) is 1.99. The summed E-state index contributed by atoms with van der Waals surface area (Å²) in [5.41, 5.74) is 2.03. The van der Waals surface area contributed by atoms with Gasteiger partial charge >= 0.3 is 0 Å². The van der Waals surface area contributed by atoms with Crippen LogP contribution in [0.3, 0.4) is 0 Å². The van der Waals surface area contributed by atoms with Crippen molar-refractivity contribution in [3.8, 4) is 0 Å². The lowest BCUT2D eigenvalue weighted by Crippen LogP contribution is -1.93. The molecule has 0 bridgehead atoms. The summed E-state index contributed by atoms with van der Waals surface area (Å²) in [5.74, 6) is 0. The fraction of sp³-hybridized carbons (Fsp3) is 0.100.